The summed E-state index contributed by atoms with van der Waals surface area (Å²) in [5.41, 5.74) is 0.737. The maximum atomic E-state index is 10.6. The van der Waals surface area contributed by atoms with Crippen molar-refractivity contribution in [1.29, 1.82) is 0 Å². The van der Waals surface area contributed by atoms with E-state index in [1.54, 1.807) is 5.38 Å². The molecular weight excluding hydrogens is 212 g/mol. The SMILES string of the molecule is C#CCC(C)NCc1csc(C(=O)O)n1. The molecule has 2 N–H and O–H groups in total. The number of nitrogens with one attached hydrogen (secondary N) is 1. The lowest BCUT2D eigenvalue weighted by Gasteiger charge is -2.08. The van der Waals surface area contributed by atoms with E-state index >= 15 is 0 Å². The smallest absolute Gasteiger partial charge is 0.365 e. The van der Waals surface area contributed by atoms with Gasteiger partial charge in [-0.2, -0.15) is 0 Å². The average molecular weight is 224 g/mol. The van der Waals surface area contributed by atoms with Crippen LogP contribution < -0.4 is 5.32 Å². The number of rotatable bonds is 5. The van der Waals surface area contributed by atoms with Gasteiger partial charge in [-0.15, -0.1) is 23.7 Å². The molecule has 0 aliphatic rings. The number of carbonyl (C=O) groups is 1. The van der Waals surface area contributed by atoms with E-state index < -0.39 is 5.97 Å². The monoisotopic (exact) mass is 224 g/mol. The van der Waals surface area contributed by atoms with Crippen molar-refractivity contribution >= 4 is 17.3 Å². The number of carboxylic acids is 1. The largest absolute Gasteiger partial charge is 0.476 e. The minimum Gasteiger partial charge on any atom is -0.476 e. The Morgan fingerprint density at radius 3 is 3.13 bits per heavy atom. The van der Waals surface area contributed by atoms with Crippen LogP contribution >= 0.6 is 11.3 Å². The summed E-state index contributed by atoms with van der Waals surface area (Å²) in [4.78, 5) is 14.5. The molecule has 4 nitrogen and oxygen atoms in total. The topological polar surface area (TPSA) is 62.2 Å². The van der Waals surface area contributed by atoms with Crippen molar-refractivity contribution in [2.24, 2.45) is 0 Å². The Hall–Kier alpha value is -1.38. The summed E-state index contributed by atoms with van der Waals surface area (Å²) >= 11 is 1.13. The van der Waals surface area contributed by atoms with Crippen LogP contribution in [-0.4, -0.2) is 22.1 Å². The second kappa shape index (κ2) is 5.49. The molecule has 0 saturated heterocycles. The highest BCUT2D eigenvalue weighted by molar-refractivity contribution is 7.11. The quantitative estimate of drug-likeness (QED) is 0.741. The van der Waals surface area contributed by atoms with Crippen LogP contribution in [-0.2, 0) is 6.54 Å². The summed E-state index contributed by atoms with van der Waals surface area (Å²) in [6.45, 7) is 2.52. The van der Waals surface area contributed by atoms with Gasteiger partial charge in [0.05, 0.1) is 5.69 Å². The van der Waals surface area contributed by atoms with Gasteiger partial charge in [-0.05, 0) is 6.92 Å². The molecular formula is C10H12N2O2S. The number of nitrogens with zero attached hydrogens (tertiary/aromatic N) is 1. The lowest BCUT2D eigenvalue weighted by molar-refractivity contribution is 0.0696. The zero-order valence-electron chi connectivity index (χ0n) is 8.36. The lowest BCUT2D eigenvalue weighted by Crippen LogP contribution is -2.25. The fraction of sp³-hybridized carbons (Fsp3) is 0.400. The number of terminal acetylenes is 1. The van der Waals surface area contributed by atoms with Crippen molar-refractivity contribution in [2.45, 2.75) is 25.9 Å². The minimum absolute atomic E-state index is 0.122. The Morgan fingerprint density at radius 2 is 2.60 bits per heavy atom. The molecule has 0 saturated carbocycles. The zero-order chi connectivity index (χ0) is 11.3. The van der Waals surface area contributed by atoms with Gasteiger partial charge >= 0.3 is 5.97 Å². The van der Waals surface area contributed by atoms with E-state index in [-0.39, 0.29) is 11.0 Å². The van der Waals surface area contributed by atoms with Crippen LogP contribution in [0.1, 0.15) is 28.8 Å². The van der Waals surface area contributed by atoms with Gasteiger partial charge in [0.2, 0.25) is 5.01 Å². The van der Waals surface area contributed by atoms with Gasteiger partial charge in [-0.1, -0.05) is 0 Å². The van der Waals surface area contributed by atoms with Crippen LogP contribution in [0.4, 0.5) is 0 Å². The molecule has 0 aliphatic heterocycles. The van der Waals surface area contributed by atoms with E-state index in [1.807, 2.05) is 6.92 Å². The predicted molar refractivity (Wildman–Crippen MR) is 58.8 cm³/mol. The first kappa shape index (κ1) is 11.7. The Kier molecular flexibility index (Phi) is 4.28. The third-order valence-electron chi connectivity index (χ3n) is 1.79. The maximum absolute atomic E-state index is 10.6. The van der Waals surface area contributed by atoms with Crippen LogP contribution in [0, 0.1) is 12.3 Å². The van der Waals surface area contributed by atoms with Gasteiger partial charge < -0.3 is 10.4 Å². The zero-order valence-corrected chi connectivity index (χ0v) is 9.17. The summed E-state index contributed by atoms with van der Waals surface area (Å²) in [7, 11) is 0. The molecule has 0 radical (unpaired) electrons. The van der Waals surface area contributed by atoms with Crippen LogP contribution in [0.2, 0.25) is 0 Å². The van der Waals surface area contributed by atoms with Gasteiger partial charge in [0, 0.05) is 24.4 Å². The van der Waals surface area contributed by atoms with E-state index in [0.717, 1.165) is 17.0 Å². The Morgan fingerprint density at radius 1 is 1.87 bits per heavy atom. The lowest BCUT2D eigenvalue weighted by atomic mass is 10.2. The summed E-state index contributed by atoms with van der Waals surface area (Å²) in [6, 6.07) is 0.213. The molecule has 0 aromatic carbocycles. The van der Waals surface area contributed by atoms with Crippen molar-refractivity contribution < 1.29 is 9.90 Å². The number of aromatic carboxylic acids is 1. The average Bonchev–Trinajstić information content (AvgIpc) is 2.63. The Bertz CT molecular complexity index is 381. The molecule has 0 aliphatic carbocycles. The second-order valence-corrected chi connectivity index (χ2v) is 4.00. The fourth-order valence-electron chi connectivity index (χ4n) is 1.01. The molecule has 1 unspecified atom stereocenters. The highest BCUT2D eigenvalue weighted by Crippen LogP contribution is 2.09. The molecule has 80 valence electrons. The minimum atomic E-state index is -0.983. The van der Waals surface area contributed by atoms with Gasteiger partial charge in [0.25, 0.3) is 0 Å². The Balaban J connectivity index is 2.45. The predicted octanol–water partition coefficient (Wildman–Crippen LogP) is 1.34. The van der Waals surface area contributed by atoms with E-state index in [2.05, 4.69) is 16.2 Å². The number of hydrogen-bond donors (Lipinski definition) is 2. The van der Waals surface area contributed by atoms with Crippen LogP contribution in [0.5, 0.6) is 0 Å². The first-order valence-electron chi connectivity index (χ1n) is 4.48. The molecule has 1 heterocycles. The van der Waals surface area contributed by atoms with Crippen LogP contribution in [0.25, 0.3) is 0 Å². The van der Waals surface area contributed by atoms with E-state index in [1.165, 1.54) is 0 Å². The molecule has 1 aromatic heterocycles. The normalized spacial score (nSPS) is 12.0. The van der Waals surface area contributed by atoms with Gasteiger partial charge in [0.1, 0.15) is 0 Å². The summed E-state index contributed by atoms with van der Waals surface area (Å²) in [6.07, 6.45) is 5.81. The van der Waals surface area contributed by atoms with Crippen molar-refractivity contribution in [3.63, 3.8) is 0 Å². The first-order valence-corrected chi connectivity index (χ1v) is 5.36. The highest BCUT2D eigenvalue weighted by Gasteiger charge is 2.09. The molecule has 0 amide bonds. The van der Waals surface area contributed by atoms with E-state index in [4.69, 9.17) is 11.5 Å². The number of aromatic nitrogens is 1. The summed E-state index contributed by atoms with van der Waals surface area (Å²) < 4.78 is 0. The molecule has 0 bridgehead atoms. The number of thiazole rings is 1. The fourth-order valence-corrected chi connectivity index (χ4v) is 1.67. The van der Waals surface area contributed by atoms with Crippen molar-refractivity contribution in [1.82, 2.24) is 10.3 Å². The van der Waals surface area contributed by atoms with Crippen molar-refractivity contribution in [3.8, 4) is 12.3 Å². The van der Waals surface area contributed by atoms with Gasteiger partial charge in [-0.25, -0.2) is 9.78 Å². The molecule has 1 atom stereocenters. The van der Waals surface area contributed by atoms with E-state index in [9.17, 15) is 4.79 Å². The first-order chi connectivity index (χ1) is 7.13. The van der Waals surface area contributed by atoms with Gasteiger partial charge in [-0.3, -0.25) is 0 Å². The molecule has 5 heteroatoms. The molecule has 1 aromatic rings. The maximum Gasteiger partial charge on any atom is 0.365 e. The molecule has 15 heavy (non-hydrogen) atoms. The third-order valence-corrected chi connectivity index (χ3v) is 2.67. The molecule has 0 fully saturated rings. The number of carboxylic acid groups (broad SMARTS) is 1. The highest BCUT2D eigenvalue weighted by atomic mass is 32.1. The van der Waals surface area contributed by atoms with Gasteiger partial charge in [0.15, 0.2) is 0 Å². The summed E-state index contributed by atoms with van der Waals surface area (Å²) in [5.74, 6) is 1.57. The second-order valence-electron chi connectivity index (χ2n) is 3.14. The van der Waals surface area contributed by atoms with E-state index in [0.29, 0.717) is 13.0 Å². The van der Waals surface area contributed by atoms with Crippen molar-refractivity contribution in [2.75, 3.05) is 0 Å². The molecule has 1 rings (SSSR count). The summed E-state index contributed by atoms with van der Waals surface area (Å²) in [5, 5.41) is 13.7. The standard InChI is InChI=1S/C10H12N2O2S/c1-3-4-7(2)11-5-8-6-15-9(12-8)10(13)14/h1,6-7,11H,4-5H2,2H3,(H,13,14). The Labute approximate surface area is 92.4 Å². The molecule has 0 spiro atoms. The number of hydrogen-bond acceptors (Lipinski definition) is 4. The van der Waals surface area contributed by atoms with Crippen LogP contribution in [0.15, 0.2) is 5.38 Å². The third kappa shape index (κ3) is 3.70. The van der Waals surface area contributed by atoms with Crippen molar-refractivity contribution in [3.05, 3.63) is 16.1 Å². The van der Waals surface area contributed by atoms with Crippen LogP contribution in [0.3, 0.4) is 0 Å².